The number of nitrogens with zero attached hydrogens (tertiary/aromatic N) is 1. The molecule has 0 spiro atoms. The van der Waals surface area contributed by atoms with Crippen molar-refractivity contribution < 1.29 is 31.8 Å². The summed E-state index contributed by atoms with van der Waals surface area (Å²) >= 11 is 0. The number of halogens is 3. The summed E-state index contributed by atoms with van der Waals surface area (Å²) in [6.45, 7) is 1.39. The van der Waals surface area contributed by atoms with E-state index in [-0.39, 0.29) is 13.2 Å². The van der Waals surface area contributed by atoms with Crippen molar-refractivity contribution in [2.75, 3.05) is 33.0 Å². The van der Waals surface area contributed by atoms with Gasteiger partial charge in [-0.25, -0.2) is 4.98 Å². The molecule has 1 aromatic heterocycles. The molecule has 0 amide bonds. The van der Waals surface area contributed by atoms with E-state index < -0.39 is 12.8 Å². The lowest BCUT2D eigenvalue weighted by atomic mass is 10.3. The molecular weight excluding hydrogens is 315 g/mol. The van der Waals surface area contributed by atoms with Crippen LogP contribution in [-0.2, 0) is 9.47 Å². The molecule has 0 aliphatic rings. The highest BCUT2D eigenvalue weighted by Gasteiger charge is 2.27. The first-order valence-corrected chi connectivity index (χ1v) is 7.16. The van der Waals surface area contributed by atoms with Gasteiger partial charge in [-0.1, -0.05) is 0 Å². The molecule has 8 heteroatoms. The second-order valence-electron chi connectivity index (χ2n) is 4.84. The standard InChI is InChI=1S/C15H18F3NO4/c1-11-19-13-4-3-12(9-14(13)23-11)22-6-2-5-20-7-8-21-10-15(16,17)18/h3-4,9H,2,5-8,10H2,1H3. The maximum Gasteiger partial charge on any atom is 0.411 e. The van der Waals surface area contributed by atoms with Crippen molar-refractivity contribution in [2.24, 2.45) is 0 Å². The molecule has 5 nitrogen and oxygen atoms in total. The Morgan fingerprint density at radius 1 is 1.09 bits per heavy atom. The van der Waals surface area contributed by atoms with E-state index in [0.717, 1.165) is 5.52 Å². The third-order valence-electron chi connectivity index (χ3n) is 2.81. The van der Waals surface area contributed by atoms with Crippen molar-refractivity contribution in [3.8, 4) is 5.75 Å². The highest BCUT2D eigenvalue weighted by Crippen LogP contribution is 2.21. The van der Waals surface area contributed by atoms with E-state index in [4.69, 9.17) is 13.9 Å². The van der Waals surface area contributed by atoms with E-state index in [2.05, 4.69) is 9.72 Å². The first-order chi connectivity index (χ1) is 10.9. The number of benzene rings is 1. The number of rotatable bonds is 9. The maximum absolute atomic E-state index is 11.8. The van der Waals surface area contributed by atoms with Gasteiger partial charge in [-0.2, -0.15) is 13.2 Å². The zero-order valence-corrected chi connectivity index (χ0v) is 12.7. The van der Waals surface area contributed by atoms with Gasteiger partial charge in [0.1, 0.15) is 17.9 Å². The van der Waals surface area contributed by atoms with Gasteiger partial charge >= 0.3 is 6.18 Å². The Morgan fingerprint density at radius 2 is 1.87 bits per heavy atom. The summed E-state index contributed by atoms with van der Waals surface area (Å²) in [5.74, 6) is 1.26. The fraction of sp³-hybridized carbons (Fsp3) is 0.533. The van der Waals surface area contributed by atoms with Crippen molar-refractivity contribution in [3.63, 3.8) is 0 Å². The van der Waals surface area contributed by atoms with Gasteiger partial charge in [0.2, 0.25) is 0 Å². The van der Waals surface area contributed by atoms with Crippen molar-refractivity contribution in [1.29, 1.82) is 0 Å². The smallest absolute Gasteiger partial charge is 0.411 e. The molecule has 0 aliphatic heterocycles. The summed E-state index contributed by atoms with van der Waals surface area (Å²) in [5.41, 5.74) is 1.44. The van der Waals surface area contributed by atoms with Gasteiger partial charge in [0.05, 0.1) is 19.8 Å². The van der Waals surface area contributed by atoms with Gasteiger partial charge in [0, 0.05) is 26.0 Å². The normalized spacial score (nSPS) is 12.0. The lowest BCUT2D eigenvalue weighted by Crippen LogP contribution is -2.19. The highest BCUT2D eigenvalue weighted by molar-refractivity contribution is 5.74. The van der Waals surface area contributed by atoms with Crippen LogP contribution in [0.25, 0.3) is 11.1 Å². The molecule has 0 bridgehead atoms. The minimum Gasteiger partial charge on any atom is -0.493 e. The van der Waals surface area contributed by atoms with E-state index in [9.17, 15) is 13.2 Å². The molecule has 0 atom stereocenters. The van der Waals surface area contributed by atoms with Gasteiger partial charge in [0.25, 0.3) is 0 Å². The molecule has 0 unspecified atom stereocenters. The zero-order chi connectivity index (χ0) is 16.7. The molecular formula is C15H18F3NO4. The minimum absolute atomic E-state index is 0.0815. The highest BCUT2D eigenvalue weighted by atomic mass is 19.4. The maximum atomic E-state index is 11.8. The fourth-order valence-electron chi connectivity index (χ4n) is 1.87. The lowest BCUT2D eigenvalue weighted by Gasteiger charge is -2.08. The minimum atomic E-state index is -4.29. The first-order valence-electron chi connectivity index (χ1n) is 7.16. The zero-order valence-electron chi connectivity index (χ0n) is 12.7. The number of alkyl halides is 3. The van der Waals surface area contributed by atoms with E-state index in [1.807, 2.05) is 6.07 Å². The number of aryl methyl sites for hydroxylation is 1. The summed E-state index contributed by atoms with van der Waals surface area (Å²) in [4.78, 5) is 4.19. The molecule has 1 heterocycles. The first kappa shape index (κ1) is 17.6. The number of hydrogen-bond acceptors (Lipinski definition) is 5. The van der Waals surface area contributed by atoms with Gasteiger partial charge < -0.3 is 18.6 Å². The van der Waals surface area contributed by atoms with Gasteiger partial charge in [-0.3, -0.25) is 0 Å². The monoisotopic (exact) mass is 333 g/mol. The number of hydrogen-bond donors (Lipinski definition) is 0. The summed E-state index contributed by atoms with van der Waals surface area (Å²) in [7, 11) is 0. The molecule has 0 fully saturated rings. The molecule has 1 aromatic carbocycles. The van der Waals surface area contributed by atoms with Crippen LogP contribution in [0.2, 0.25) is 0 Å². The Balaban J connectivity index is 1.54. The van der Waals surface area contributed by atoms with Crippen LogP contribution in [0.5, 0.6) is 5.75 Å². The van der Waals surface area contributed by atoms with Crippen LogP contribution in [0.3, 0.4) is 0 Å². The van der Waals surface area contributed by atoms with Crippen LogP contribution in [0.15, 0.2) is 22.6 Å². The molecule has 0 radical (unpaired) electrons. The molecule has 0 saturated heterocycles. The van der Waals surface area contributed by atoms with E-state index in [1.165, 1.54) is 0 Å². The Labute approximate surface area is 131 Å². The fourth-order valence-corrected chi connectivity index (χ4v) is 1.87. The van der Waals surface area contributed by atoms with E-state index in [0.29, 0.717) is 36.9 Å². The van der Waals surface area contributed by atoms with Gasteiger partial charge in [-0.15, -0.1) is 0 Å². The molecule has 0 N–H and O–H groups in total. The second kappa shape index (κ2) is 8.16. The quantitative estimate of drug-likeness (QED) is 0.658. The molecule has 0 aliphatic carbocycles. The topological polar surface area (TPSA) is 53.7 Å². The predicted molar refractivity (Wildman–Crippen MR) is 76.6 cm³/mol. The number of ether oxygens (including phenoxy) is 3. The Kier molecular flexibility index (Phi) is 6.23. The Bertz CT molecular complexity index is 612. The SMILES string of the molecule is Cc1nc2ccc(OCCCOCCOCC(F)(F)F)cc2o1. The number of oxazole rings is 1. The van der Waals surface area contributed by atoms with E-state index in [1.54, 1.807) is 19.1 Å². The van der Waals surface area contributed by atoms with Crippen LogP contribution in [0.4, 0.5) is 13.2 Å². The summed E-state index contributed by atoms with van der Waals surface area (Å²) < 4.78 is 55.9. The van der Waals surface area contributed by atoms with Gasteiger partial charge in [0.15, 0.2) is 11.5 Å². The van der Waals surface area contributed by atoms with E-state index >= 15 is 0 Å². The lowest BCUT2D eigenvalue weighted by molar-refractivity contribution is -0.176. The van der Waals surface area contributed by atoms with Crippen LogP contribution >= 0.6 is 0 Å². The molecule has 128 valence electrons. The van der Waals surface area contributed by atoms with Crippen LogP contribution in [-0.4, -0.2) is 44.2 Å². The average Bonchev–Trinajstić information content (AvgIpc) is 2.83. The van der Waals surface area contributed by atoms with Crippen LogP contribution in [0, 0.1) is 6.92 Å². The predicted octanol–water partition coefficient (Wildman–Crippen LogP) is 3.50. The largest absolute Gasteiger partial charge is 0.493 e. The van der Waals surface area contributed by atoms with Crippen molar-refractivity contribution in [3.05, 3.63) is 24.1 Å². The molecule has 0 saturated carbocycles. The average molecular weight is 333 g/mol. The summed E-state index contributed by atoms with van der Waals surface area (Å²) in [6.07, 6.45) is -3.68. The van der Waals surface area contributed by atoms with Crippen molar-refractivity contribution in [2.45, 2.75) is 19.5 Å². The van der Waals surface area contributed by atoms with Crippen LogP contribution in [0.1, 0.15) is 12.3 Å². The summed E-state index contributed by atoms with van der Waals surface area (Å²) in [5, 5.41) is 0. The summed E-state index contributed by atoms with van der Waals surface area (Å²) in [6, 6.07) is 5.38. The number of aromatic nitrogens is 1. The molecule has 2 rings (SSSR count). The van der Waals surface area contributed by atoms with Crippen molar-refractivity contribution >= 4 is 11.1 Å². The van der Waals surface area contributed by atoms with Gasteiger partial charge in [-0.05, 0) is 12.1 Å². The third kappa shape index (κ3) is 6.45. The molecule has 23 heavy (non-hydrogen) atoms. The third-order valence-corrected chi connectivity index (χ3v) is 2.81. The Hall–Kier alpha value is -1.80. The van der Waals surface area contributed by atoms with Crippen LogP contribution < -0.4 is 4.74 Å². The second-order valence-corrected chi connectivity index (χ2v) is 4.84. The molecule has 2 aromatic rings. The number of fused-ring (bicyclic) bond motifs is 1. The Morgan fingerprint density at radius 3 is 2.65 bits per heavy atom. The van der Waals surface area contributed by atoms with Crippen molar-refractivity contribution in [1.82, 2.24) is 4.98 Å².